The van der Waals surface area contributed by atoms with E-state index in [-0.39, 0.29) is 5.91 Å². The molecule has 0 saturated carbocycles. The van der Waals surface area contributed by atoms with Crippen molar-refractivity contribution >= 4 is 5.91 Å². The third-order valence-electron chi connectivity index (χ3n) is 2.92. The van der Waals surface area contributed by atoms with Crippen LogP contribution < -0.4 is 5.73 Å². The first-order valence-electron chi connectivity index (χ1n) is 5.97. The van der Waals surface area contributed by atoms with E-state index >= 15 is 0 Å². The third-order valence-corrected chi connectivity index (χ3v) is 2.92. The summed E-state index contributed by atoms with van der Waals surface area (Å²) >= 11 is 0. The first-order chi connectivity index (χ1) is 7.77. The quantitative estimate of drug-likeness (QED) is 0.668. The molecule has 1 amide bonds. The minimum absolute atomic E-state index is 0.209. The van der Waals surface area contributed by atoms with Gasteiger partial charge in [0.1, 0.15) is 0 Å². The van der Waals surface area contributed by atoms with E-state index < -0.39 is 0 Å². The predicted molar refractivity (Wildman–Crippen MR) is 63.2 cm³/mol. The van der Waals surface area contributed by atoms with Crippen molar-refractivity contribution in [2.45, 2.75) is 12.8 Å². The number of piperazine rings is 1. The number of hydrogen-bond acceptors (Lipinski definition) is 4. The fourth-order valence-electron chi connectivity index (χ4n) is 1.88. The number of nitrogens with zero attached hydrogens (tertiary/aromatic N) is 2. The van der Waals surface area contributed by atoms with E-state index in [0.29, 0.717) is 13.0 Å². The van der Waals surface area contributed by atoms with E-state index in [1.54, 1.807) is 7.11 Å². The van der Waals surface area contributed by atoms with Crippen LogP contribution in [0.1, 0.15) is 12.8 Å². The van der Waals surface area contributed by atoms with Crippen LogP contribution in [0.25, 0.3) is 0 Å². The number of carbonyl (C=O) groups excluding carboxylic acids is 1. The second-order valence-electron chi connectivity index (χ2n) is 4.11. The first-order valence-corrected chi connectivity index (χ1v) is 5.97. The summed E-state index contributed by atoms with van der Waals surface area (Å²) in [6, 6.07) is 0. The average Bonchev–Trinajstić information content (AvgIpc) is 2.34. The molecule has 1 aliphatic rings. The van der Waals surface area contributed by atoms with E-state index in [1.807, 2.05) is 4.90 Å². The smallest absolute Gasteiger partial charge is 0.224 e. The van der Waals surface area contributed by atoms with E-state index in [9.17, 15) is 4.79 Å². The second-order valence-corrected chi connectivity index (χ2v) is 4.11. The lowest BCUT2D eigenvalue weighted by Gasteiger charge is -2.34. The SMILES string of the molecule is COCCC(=O)N1CCN(CCCN)CC1. The Hall–Kier alpha value is -0.650. The summed E-state index contributed by atoms with van der Waals surface area (Å²) in [5.74, 6) is 0.209. The summed E-state index contributed by atoms with van der Waals surface area (Å²) in [5.41, 5.74) is 5.47. The maximum Gasteiger partial charge on any atom is 0.224 e. The molecular weight excluding hydrogens is 206 g/mol. The van der Waals surface area contributed by atoms with Crippen molar-refractivity contribution in [3.63, 3.8) is 0 Å². The van der Waals surface area contributed by atoms with Gasteiger partial charge in [0.25, 0.3) is 0 Å². The summed E-state index contributed by atoms with van der Waals surface area (Å²) in [7, 11) is 1.62. The molecular formula is C11H23N3O2. The number of carbonyl (C=O) groups is 1. The first kappa shape index (κ1) is 13.4. The van der Waals surface area contributed by atoms with Gasteiger partial charge in [0.2, 0.25) is 5.91 Å². The van der Waals surface area contributed by atoms with Crippen LogP contribution >= 0.6 is 0 Å². The zero-order chi connectivity index (χ0) is 11.8. The average molecular weight is 229 g/mol. The van der Waals surface area contributed by atoms with Crippen molar-refractivity contribution < 1.29 is 9.53 Å². The second kappa shape index (κ2) is 7.60. The van der Waals surface area contributed by atoms with Gasteiger partial charge < -0.3 is 15.4 Å². The van der Waals surface area contributed by atoms with Gasteiger partial charge in [-0.15, -0.1) is 0 Å². The molecule has 1 heterocycles. The maximum atomic E-state index is 11.7. The summed E-state index contributed by atoms with van der Waals surface area (Å²) in [6.45, 7) is 5.94. The van der Waals surface area contributed by atoms with Crippen LogP contribution in [-0.2, 0) is 9.53 Å². The van der Waals surface area contributed by atoms with Crippen LogP contribution in [0.4, 0.5) is 0 Å². The molecule has 0 aliphatic carbocycles. The Morgan fingerprint density at radius 3 is 2.56 bits per heavy atom. The van der Waals surface area contributed by atoms with Gasteiger partial charge in [0, 0.05) is 33.3 Å². The van der Waals surface area contributed by atoms with Crippen molar-refractivity contribution in [2.75, 3.05) is 53.0 Å². The van der Waals surface area contributed by atoms with Gasteiger partial charge in [0.05, 0.1) is 13.0 Å². The number of methoxy groups -OCH3 is 1. The Bertz CT molecular complexity index is 203. The lowest BCUT2D eigenvalue weighted by atomic mass is 10.2. The van der Waals surface area contributed by atoms with Gasteiger partial charge in [-0.25, -0.2) is 0 Å². The Kier molecular flexibility index (Phi) is 6.37. The van der Waals surface area contributed by atoms with E-state index in [0.717, 1.165) is 45.7 Å². The van der Waals surface area contributed by atoms with Gasteiger partial charge in [-0.05, 0) is 19.5 Å². The lowest BCUT2D eigenvalue weighted by Crippen LogP contribution is -2.49. The molecule has 2 N–H and O–H groups in total. The summed E-state index contributed by atoms with van der Waals surface area (Å²) < 4.78 is 4.91. The molecule has 5 heteroatoms. The molecule has 5 nitrogen and oxygen atoms in total. The fourth-order valence-corrected chi connectivity index (χ4v) is 1.88. The number of ether oxygens (including phenoxy) is 1. The topological polar surface area (TPSA) is 58.8 Å². The number of hydrogen-bond donors (Lipinski definition) is 1. The van der Waals surface area contributed by atoms with Crippen LogP contribution in [0.2, 0.25) is 0 Å². The van der Waals surface area contributed by atoms with Crippen molar-refractivity contribution in [3.05, 3.63) is 0 Å². The standard InChI is InChI=1S/C11H23N3O2/c1-16-10-3-11(15)14-8-6-13(7-9-14)5-2-4-12/h2-10,12H2,1H3. The minimum Gasteiger partial charge on any atom is -0.384 e. The third kappa shape index (κ3) is 4.47. The van der Waals surface area contributed by atoms with Crippen LogP contribution in [0.15, 0.2) is 0 Å². The Labute approximate surface area is 97.5 Å². The normalized spacial score (nSPS) is 17.8. The molecule has 0 atom stereocenters. The van der Waals surface area contributed by atoms with Crippen LogP contribution in [0, 0.1) is 0 Å². The Balaban J connectivity index is 2.18. The molecule has 0 bridgehead atoms. The highest BCUT2D eigenvalue weighted by atomic mass is 16.5. The highest BCUT2D eigenvalue weighted by Crippen LogP contribution is 2.04. The lowest BCUT2D eigenvalue weighted by molar-refractivity contribution is -0.133. The highest BCUT2D eigenvalue weighted by molar-refractivity contribution is 5.76. The van der Waals surface area contributed by atoms with Crippen molar-refractivity contribution in [1.29, 1.82) is 0 Å². The number of rotatable bonds is 6. The van der Waals surface area contributed by atoms with Crippen molar-refractivity contribution in [3.8, 4) is 0 Å². The maximum absolute atomic E-state index is 11.7. The molecule has 94 valence electrons. The van der Waals surface area contributed by atoms with Gasteiger partial charge in [-0.1, -0.05) is 0 Å². The molecule has 1 rings (SSSR count). The largest absolute Gasteiger partial charge is 0.384 e. The molecule has 0 aromatic carbocycles. The zero-order valence-electron chi connectivity index (χ0n) is 10.2. The van der Waals surface area contributed by atoms with Crippen molar-refractivity contribution in [2.24, 2.45) is 5.73 Å². The molecule has 16 heavy (non-hydrogen) atoms. The number of amides is 1. The molecule has 1 aliphatic heterocycles. The monoisotopic (exact) mass is 229 g/mol. The summed E-state index contributed by atoms with van der Waals surface area (Å²) in [4.78, 5) is 16.0. The van der Waals surface area contributed by atoms with Gasteiger partial charge in [0.15, 0.2) is 0 Å². The van der Waals surface area contributed by atoms with Gasteiger partial charge >= 0.3 is 0 Å². The zero-order valence-corrected chi connectivity index (χ0v) is 10.2. The van der Waals surface area contributed by atoms with Crippen LogP contribution in [-0.4, -0.2) is 68.7 Å². The summed E-state index contributed by atoms with van der Waals surface area (Å²) in [5, 5.41) is 0. The molecule has 0 unspecified atom stereocenters. The van der Waals surface area contributed by atoms with Crippen LogP contribution in [0.3, 0.4) is 0 Å². The molecule has 0 aromatic heterocycles. The van der Waals surface area contributed by atoms with Gasteiger partial charge in [-0.3, -0.25) is 9.69 Å². The molecule has 1 saturated heterocycles. The molecule has 0 spiro atoms. The van der Waals surface area contributed by atoms with E-state index in [2.05, 4.69) is 4.90 Å². The minimum atomic E-state index is 0.209. The highest BCUT2D eigenvalue weighted by Gasteiger charge is 2.19. The summed E-state index contributed by atoms with van der Waals surface area (Å²) in [6.07, 6.45) is 1.54. The van der Waals surface area contributed by atoms with E-state index in [1.165, 1.54) is 0 Å². The van der Waals surface area contributed by atoms with Gasteiger partial charge in [-0.2, -0.15) is 0 Å². The predicted octanol–water partition coefficient (Wildman–Crippen LogP) is -0.484. The van der Waals surface area contributed by atoms with E-state index in [4.69, 9.17) is 10.5 Å². The van der Waals surface area contributed by atoms with Crippen LogP contribution in [0.5, 0.6) is 0 Å². The molecule has 0 radical (unpaired) electrons. The molecule has 0 aromatic rings. The number of nitrogens with two attached hydrogens (primary N) is 1. The molecule has 1 fully saturated rings. The Morgan fingerprint density at radius 2 is 2.00 bits per heavy atom. The Morgan fingerprint density at radius 1 is 1.31 bits per heavy atom. The van der Waals surface area contributed by atoms with Crippen molar-refractivity contribution in [1.82, 2.24) is 9.80 Å². The fraction of sp³-hybridized carbons (Fsp3) is 0.909.